The number of hydrogen-bond donors (Lipinski definition) is 0. The van der Waals surface area contributed by atoms with Gasteiger partial charge in [-0.25, -0.2) is 4.98 Å². The first-order chi connectivity index (χ1) is 14.6. The van der Waals surface area contributed by atoms with Crippen LogP contribution in [0.25, 0.3) is 28.1 Å². The first kappa shape index (κ1) is 20.1. The van der Waals surface area contributed by atoms with Crippen molar-refractivity contribution in [3.8, 4) is 17.1 Å². The zero-order valence-electron chi connectivity index (χ0n) is 19.7. The van der Waals surface area contributed by atoms with Crippen LogP contribution < -0.4 is 0 Å². The molecule has 0 saturated heterocycles. The van der Waals surface area contributed by atoms with E-state index in [0.717, 1.165) is 16.9 Å². The van der Waals surface area contributed by atoms with Crippen LogP contribution in [-0.4, -0.2) is 9.55 Å². The Kier molecular flexibility index (Phi) is 4.09. The Labute approximate surface area is 186 Å². The Morgan fingerprint density at radius 1 is 0.710 bits per heavy atom. The van der Waals surface area contributed by atoms with Crippen LogP contribution >= 0.6 is 0 Å². The lowest BCUT2D eigenvalue weighted by molar-refractivity contribution is 0.125. The molecule has 0 amide bonds. The summed E-state index contributed by atoms with van der Waals surface area (Å²) in [5.74, 6) is 1.00. The van der Waals surface area contributed by atoms with E-state index in [2.05, 4.69) is 120 Å². The Morgan fingerprint density at radius 3 is 1.94 bits per heavy atom. The molecule has 0 fully saturated rings. The van der Waals surface area contributed by atoms with Gasteiger partial charge in [-0.2, -0.15) is 0 Å². The molecule has 0 N–H and O–H groups in total. The van der Waals surface area contributed by atoms with Gasteiger partial charge in [-0.05, 0) is 58.1 Å². The van der Waals surface area contributed by atoms with Crippen LogP contribution in [0.4, 0.5) is 0 Å². The quantitative estimate of drug-likeness (QED) is 0.334. The van der Waals surface area contributed by atoms with E-state index in [0.29, 0.717) is 0 Å². The fourth-order valence-corrected chi connectivity index (χ4v) is 5.45. The van der Waals surface area contributed by atoms with Gasteiger partial charge in [0.15, 0.2) is 0 Å². The lowest BCUT2D eigenvalue weighted by Crippen LogP contribution is -2.42. The number of hydrogen-bond acceptors (Lipinski definition) is 1. The van der Waals surface area contributed by atoms with Crippen LogP contribution in [0.5, 0.6) is 0 Å². The van der Waals surface area contributed by atoms with Crippen molar-refractivity contribution in [3.63, 3.8) is 0 Å². The van der Waals surface area contributed by atoms with Crippen LogP contribution in [-0.2, 0) is 10.8 Å². The standard InChI is InChI=1S/C29H32N2/c1-19-13-11-12-16-24(19)31-25-18-22-21(27(2,3)29(6,7)28(22,4)5)17-23(25)30-26(31)20-14-9-8-10-15-20/h8-18H,1-7H3. The second-order valence-corrected chi connectivity index (χ2v) is 10.7. The molecule has 5 rings (SSSR count). The number of aryl methyl sites for hydroxylation is 1. The van der Waals surface area contributed by atoms with Gasteiger partial charge in [0.1, 0.15) is 5.82 Å². The molecule has 158 valence electrons. The highest BCUT2D eigenvalue weighted by Gasteiger charge is 2.57. The van der Waals surface area contributed by atoms with E-state index in [1.165, 1.54) is 27.9 Å². The summed E-state index contributed by atoms with van der Waals surface area (Å²) in [5.41, 5.74) is 8.99. The number of nitrogens with zero attached hydrogens (tertiary/aromatic N) is 2. The smallest absolute Gasteiger partial charge is 0.145 e. The van der Waals surface area contributed by atoms with E-state index in [1.807, 2.05) is 0 Å². The molecule has 0 spiro atoms. The third-order valence-electron chi connectivity index (χ3n) is 8.65. The second kappa shape index (κ2) is 6.32. The molecule has 0 aliphatic heterocycles. The summed E-state index contributed by atoms with van der Waals surface area (Å²) in [6.45, 7) is 16.6. The number of benzene rings is 3. The van der Waals surface area contributed by atoms with Gasteiger partial charge in [0.25, 0.3) is 0 Å². The molecule has 0 unspecified atom stereocenters. The molecule has 31 heavy (non-hydrogen) atoms. The van der Waals surface area contributed by atoms with Gasteiger partial charge in [0.2, 0.25) is 0 Å². The summed E-state index contributed by atoms with van der Waals surface area (Å²) in [6.07, 6.45) is 0. The highest BCUT2D eigenvalue weighted by Crippen LogP contribution is 2.62. The molecule has 4 aromatic rings. The summed E-state index contributed by atoms with van der Waals surface area (Å²) < 4.78 is 2.36. The minimum absolute atomic E-state index is 0.0633. The van der Waals surface area contributed by atoms with Crippen LogP contribution in [0.3, 0.4) is 0 Å². The predicted octanol–water partition coefficient (Wildman–Crippen LogP) is 7.60. The molecule has 3 aromatic carbocycles. The lowest BCUT2D eigenvalue weighted by Gasteiger charge is -2.44. The number of imidazole rings is 1. The van der Waals surface area contributed by atoms with E-state index in [4.69, 9.17) is 4.98 Å². The average molecular weight is 409 g/mol. The van der Waals surface area contributed by atoms with E-state index in [-0.39, 0.29) is 16.2 Å². The summed E-state index contributed by atoms with van der Waals surface area (Å²) in [6, 6.07) is 23.9. The van der Waals surface area contributed by atoms with Crippen molar-refractivity contribution in [2.75, 3.05) is 0 Å². The van der Waals surface area contributed by atoms with Crippen molar-refractivity contribution in [1.29, 1.82) is 0 Å². The maximum absolute atomic E-state index is 5.20. The third kappa shape index (κ3) is 2.54. The SMILES string of the molecule is Cc1ccccc1-n1c(-c2ccccc2)nc2cc3c(cc21)C(C)(C)C(C)(C)C3(C)C. The molecule has 2 heteroatoms. The van der Waals surface area contributed by atoms with E-state index < -0.39 is 0 Å². The first-order valence-corrected chi connectivity index (χ1v) is 11.3. The van der Waals surface area contributed by atoms with E-state index in [9.17, 15) is 0 Å². The Hall–Kier alpha value is -2.87. The van der Waals surface area contributed by atoms with Crippen LogP contribution in [0.2, 0.25) is 0 Å². The van der Waals surface area contributed by atoms with Crippen LogP contribution in [0, 0.1) is 12.3 Å². The van der Waals surface area contributed by atoms with E-state index in [1.54, 1.807) is 0 Å². The number of aromatic nitrogens is 2. The molecule has 0 bridgehead atoms. The Morgan fingerprint density at radius 2 is 1.29 bits per heavy atom. The molecular weight excluding hydrogens is 376 g/mol. The minimum atomic E-state index is 0.0633. The second-order valence-electron chi connectivity index (χ2n) is 10.7. The topological polar surface area (TPSA) is 17.8 Å². The van der Waals surface area contributed by atoms with Crippen LogP contribution in [0.15, 0.2) is 66.7 Å². The van der Waals surface area contributed by atoms with E-state index >= 15 is 0 Å². The Balaban J connectivity index is 1.90. The molecule has 0 radical (unpaired) electrons. The monoisotopic (exact) mass is 408 g/mol. The van der Waals surface area contributed by atoms with Crippen molar-refractivity contribution in [3.05, 3.63) is 83.4 Å². The van der Waals surface area contributed by atoms with Crippen molar-refractivity contribution < 1.29 is 0 Å². The molecule has 1 aliphatic carbocycles. The zero-order chi connectivity index (χ0) is 22.2. The fraction of sp³-hybridized carbons (Fsp3) is 0.345. The molecule has 0 saturated carbocycles. The first-order valence-electron chi connectivity index (χ1n) is 11.3. The summed E-state index contributed by atoms with van der Waals surface area (Å²) >= 11 is 0. The number of fused-ring (bicyclic) bond motifs is 2. The normalized spacial score (nSPS) is 18.3. The van der Waals surface area contributed by atoms with Crippen molar-refractivity contribution in [1.82, 2.24) is 9.55 Å². The maximum Gasteiger partial charge on any atom is 0.145 e. The molecule has 0 atom stereocenters. The average Bonchev–Trinajstić information content (AvgIpc) is 3.15. The van der Waals surface area contributed by atoms with Gasteiger partial charge in [-0.3, -0.25) is 4.57 Å². The van der Waals surface area contributed by atoms with Gasteiger partial charge >= 0.3 is 0 Å². The van der Waals surface area contributed by atoms with Gasteiger partial charge in [-0.15, -0.1) is 0 Å². The highest BCUT2D eigenvalue weighted by atomic mass is 15.1. The minimum Gasteiger partial charge on any atom is -0.292 e. The third-order valence-corrected chi connectivity index (χ3v) is 8.65. The molecular formula is C29H32N2. The van der Waals surface area contributed by atoms with Gasteiger partial charge in [-0.1, -0.05) is 90.1 Å². The summed E-state index contributed by atoms with van der Waals surface area (Å²) in [4.78, 5) is 5.20. The summed E-state index contributed by atoms with van der Waals surface area (Å²) in [7, 11) is 0. The lowest BCUT2D eigenvalue weighted by atomic mass is 9.59. The molecule has 1 aliphatic rings. The zero-order valence-corrected chi connectivity index (χ0v) is 19.7. The fourth-order valence-electron chi connectivity index (χ4n) is 5.45. The summed E-state index contributed by atoms with van der Waals surface area (Å²) in [5, 5.41) is 0. The molecule has 2 nitrogen and oxygen atoms in total. The number of rotatable bonds is 2. The van der Waals surface area contributed by atoms with Gasteiger partial charge in [0, 0.05) is 5.56 Å². The van der Waals surface area contributed by atoms with Gasteiger partial charge in [0.05, 0.1) is 16.7 Å². The highest BCUT2D eigenvalue weighted by molar-refractivity contribution is 5.86. The number of para-hydroxylation sites is 1. The predicted molar refractivity (Wildman–Crippen MR) is 131 cm³/mol. The van der Waals surface area contributed by atoms with Crippen LogP contribution in [0.1, 0.15) is 58.2 Å². The van der Waals surface area contributed by atoms with Crippen molar-refractivity contribution >= 4 is 11.0 Å². The Bertz CT molecular complexity index is 1300. The molecule has 1 heterocycles. The molecule has 1 aromatic heterocycles. The van der Waals surface area contributed by atoms with Crippen molar-refractivity contribution in [2.45, 2.75) is 59.3 Å². The maximum atomic E-state index is 5.20. The largest absolute Gasteiger partial charge is 0.292 e. The van der Waals surface area contributed by atoms with Crippen molar-refractivity contribution in [2.24, 2.45) is 5.41 Å². The van der Waals surface area contributed by atoms with Gasteiger partial charge < -0.3 is 0 Å².